The van der Waals surface area contributed by atoms with Gasteiger partial charge in [0.25, 0.3) is 0 Å². The van der Waals surface area contributed by atoms with Gasteiger partial charge < -0.3 is 15.4 Å². The molecule has 0 atom stereocenters. The zero-order chi connectivity index (χ0) is 17.9. The minimum atomic E-state index is -0.325. The minimum absolute atomic E-state index is 0.0882. The molecule has 6 heteroatoms. The Balaban J connectivity index is 1.60. The van der Waals surface area contributed by atoms with Crippen molar-refractivity contribution in [2.75, 3.05) is 19.7 Å². The highest BCUT2D eigenvalue weighted by Crippen LogP contribution is 2.16. The van der Waals surface area contributed by atoms with Crippen molar-refractivity contribution in [1.82, 2.24) is 10.6 Å². The summed E-state index contributed by atoms with van der Waals surface area (Å²) in [6, 6.07) is 16.5. The van der Waals surface area contributed by atoms with Gasteiger partial charge in [-0.05, 0) is 29.8 Å². The monoisotopic (exact) mass is 358 g/mol. The largest absolute Gasteiger partial charge is 0.492 e. The molecule has 0 aliphatic carbocycles. The molecule has 0 saturated carbocycles. The second-order valence-corrected chi connectivity index (χ2v) is 5.55. The highest BCUT2D eigenvalue weighted by atomic mass is 35.5. The van der Waals surface area contributed by atoms with Crippen molar-refractivity contribution in [1.29, 1.82) is 0 Å². The van der Waals surface area contributed by atoms with E-state index >= 15 is 0 Å². The van der Waals surface area contributed by atoms with Crippen molar-refractivity contribution >= 4 is 29.5 Å². The molecule has 0 unspecified atom stereocenters. The molecule has 0 aliphatic rings. The molecular formula is C19H19ClN2O3. The van der Waals surface area contributed by atoms with Crippen LogP contribution in [0.5, 0.6) is 5.75 Å². The lowest BCUT2D eigenvalue weighted by Crippen LogP contribution is -2.37. The Kier molecular flexibility index (Phi) is 7.53. The summed E-state index contributed by atoms with van der Waals surface area (Å²) in [5, 5.41) is 5.77. The standard InChI is InChI=1S/C19H19ClN2O3/c20-16-7-4-8-17(13-16)25-12-11-21-19(24)14-22-18(23)10-9-15-5-2-1-3-6-15/h1-10,13H,11-12,14H2,(H,21,24)(H,22,23)/b10-9+. The molecule has 0 fully saturated rings. The van der Waals surface area contributed by atoms with E-state index in [1.165, 1.54) is 6.08 Å². The van der Waals surface area contributed by atoms with Gasteiger partial charge in [-0.25, -0.2) is 0 Å². The van der Waals surface area contributed by atoms with E-state index in [9.17, 15) is 9.59 Å². The lowest BCUT2D eigenvalue weighted by atomic mass is 10.2. The predicted octanol–water partition coefficient (Wildman–Crippen LogP) is 2.66. The van der Waals surface area contributed by atoms with E-state index in [-0.39, 0.29) is 18.4 Å². The van der Waals surface area contributed by atoms with Crippen LogP contribution in [0.25, 0.3) is 6.08 Å². The fourth-order valence-electron chi connectivity index (χ4n) is 1.94. The Bertz CT molecular complexity index is 732. The Labute approximate surface area is 151 Å². The molecule has 25 heavy (non-hydrogen) atoms. The summed E-state index contributed by atoms with van der Waals surface area (Å²) in [7, 11) is 0. The topological polar surface area (TPSA) is 67.4 Å². The van der Waals surface area contributed by atoms with E-state index in [1.807, 2.05) is 30.3 Å². The van der Waals surface area contributed by atoms with Crippen LogP contribution in [0, 0.1) is 0 Å². The summed E-state index contributed by atoms with van der Waals surface area (Å²) in [4.78, 5) is 23.3. The number of nitrogens with one attached hydrogen (secondary N) is 2. The van der Waals surface area contributed by atoms with Gasteiger partial charge >= 0.3 is 0 Å². The van der Waals surface area contributed by atoms with Gasteiger partial charge in [-0.3, -0.25) is 9.59 Å². The highest BCUT2D eigenvalue weighted by Gasteiger charge is 2.03. The molecule has 0 bridgehead atoms. The molecule has 2 aromatic carbocycles. The molecule has 2 N–H and O–H groups in total. The number of rotatable bonds is 8. The lowest BCUT2D eigenvalue weighted by Gasteiger charge is -2.08. The molecule has 0 aromatic heterocycles. The van der Waals surface area contributed by atoms with Crippen molar-refractivity contribution < 1.29 is 14.3 Å². The number of carbonyl (C=O) groups excluding carboxylic acids is 2. The zero-order valence-corrected chi connectivity index (χ0v) is 14.3. The summed E-state index contributed by atoms with van der Waals surface area (Å²) in [5.74, 6) is 0.0337. The Morgan fingerprint density at radius 1 is 1.04 bits per heavy atom. The van der Waals surface area contributed by atoms with Crippen LogP contribution in [0.3, 0.4) is 0 Å². The number of hydrogen-bond donors (Lipinski definition) is 2. The van der Waals surface area contributed by atoms with Crippen molar-refractivity contribution in [3.63, 3.8) is 0 Å². The number of amides is 2. The molecule has 0 aliphatic heterocycles. The first-order chi connectivity index (χ1) is 12.1. The van der Waals surface area contributed by atoms with Crippen LogP contribution >= 0.6 is 11.6 Å². The van der Waals surface area contributed by atoms with E-state index in [1.54, 1.807) is 30.3 Å². The van der Waals surface area contributed by atoms with Crippen molar-refractivity contribution in [2.45, 2.75) is 0 Å². The average molecular weight is 359 g/mol. The molecule has 130 valence electrons. The summed E-state index contributed by atoms with van der Waals surface area (Å²) in [6.45, 7) is 0.560. The molecule has 2 aromatic rings. The number of halogens is 1. The summed E-state index contributed by atoms with van der Waals surface area (Å²) >= 11 is 5.85. The average Bonchev–Trinajstić information content (AvgIpc) is 2.63. The van der Waals surface area contributed by atoms with Crippen LogP contribution in [0.4, 0.5) is 0 Å². The molecule has 2 rings (SSSR count). The van der Waals surface area contributed by atoms with Crippen LogP contribution in [0.1, 0.15) is 5.56 Å². The second kappa shape index (κ2) is 10.2. The van der Waals surface area contributed by atoms with E-state index in [0.29, 0.717) is 23.9 Å². The van der Waals surface area contributed by atoms with E-state index < -0.39 is 0 Å². The predicted molar refractivity (Wildman–Crippen MR) is 98.4 cm³/mol. The van der Waals surface area contributed by atoms with Gasteiger partial charge in [-0.2, -0.15) is 0 Å². The molecule has 0 radical (unpaired) electrons. The van der Waals surface area contributed by atoms with Gasteiger partial charge in [-0.1, -0.05) is 48.0 Å². The fourth-order valence-corrected chi connectivity index (χ4v) is 2.12. The Morgan fingerprint density at radius 3 is 2.60 bits per heavy atom. The zero-order valence-electron chi connectivity index (χ0n) is 13.6. The number of hydrogen-bond acceptors (Lipinski definition) is 3. The molecular weight excluding hydrogens is 340 g/mol. The first kappa shape index (κ1) is 18.5. The minimum Gasteiger partial charge on any atom is -0.492 e. The summed E-state index contributed by atoms with van der Waals surface area (Å²) < 4.78 is 5.45. The van der Waals surface area contributed by atoms with Crippen molar-refractivity contribution in [2.24, 2.45) is 0 Å². The molecule has 2 amide bonds. The lowest BCUT2D eigenvalue weighted by molar-refractivity contribution is -0.124. The maximum atomic E-state index is 11.7. The summed E-state index contributed by atoms with van der Waals surface area (Å²) in [5.41, 5.74) is 0.917. The van der Waals surface area contributed by atoms with Gasteiger partial charge in [0.15, 0.2) is 0 Å². The maximum Gasteiger partial charge on any atom is 0.244 e. The second-order valence-electron chi connectivity index (χ2n) is 5.12. The Morgan fingerprint density at radius 2 is 1.84 bits per heavy atom. The highest BCUT2D eigenvalue weighted by molar-refractivity contribution is 6.30. The third-order valence-corrected chi connectivity index (χ3v) is 3.37. The van der Waals surface area contributed by atoms with Gasteiger partial charge in [0.05, 0.1) is 13.1 Å². The fraction of sp³-hybridized carbons (Fsp3) is 0.158. The van der Waals surface area contributed by atoms with Crippen LogP contribution in [0.15, 0.2) is 60.7 Å². The smallest absolute Gasteiger partial charge is 0.244 e. The molecule has 5 nitrogen and oxygen atoms in total. The maximum absolute atomic E-state index is 11.7. The quantitative estimate of drug-likeness (QED) is 0.563. The van der Waals surface area contributed by atoms with Crippen LogP contribution in [-0.4, -0.2) is 31.5 Å². The molecule has 0 heterocycles. The third kappa shape index (κ3) is 7.54. The van der Waals surface area contributed by atoms with Gasteiger partial charge in [0, 0.05) is 11.1 Å². The van der Waals surface area contributed by atoms with E-state index in [2.05, 4.69) is 10.6 Å². The number of ether oxygens (including phenoxy) is 1. The Hall–Kier alpha value is -2.79. The first-order valence-electron chi connectivity index (χ1n) is 7.79. The number of carbonyl (C=O) groups is 2. The first-order valence-corrected chi connectivity index (χ1v) is 8.17. The normalized spacial score (nSPS) is 10.4. The number of benzene rings is 2. The molecule has 0 spiro atoms. The van der Waals surface area contributed by atoms with Crippen molar-refractivity contribution in [3.8, 4) is 5.75 Å². The van der Waals surface area contributed by atoms with Gasteiger partial charge in [0.1, 0.15) is 12.4 Å². The SMILES string of the molecule is O=C(/C=C/c1ccccc1)NCC(=O)NCCOc1cccc(Cl)c1. The molecule has 0 saturated heterocycles. The van der Waals surface area contributed by atoms with E-state index in [0.717, 1.165) is 5.56 Å². The van der Waals surface area contributed by atoms with Crippen molar-refractivity contribution in [3.05, 3.63) is 71.3 Å². The van der Waals surface area contributed by atoms with Crippen LogP contribution in [0.2, 0.25) is 5.02 Å². The van der Waals surface area contributed by atoms with Crippen LogP contribution < -0.4 is 15.4 Å². The van der Waals surface area contributed by atoms with E-state index in [4.69, 9.17) is 16.3 Å². The van der Waals surface area contributed by atoms with Gasteiger partial charge in [-0.15, -0.1) is 0 Å². The third-order valence-electron chi connectivity index (χ3n) is 3.14. The van der Waals surface area contributed by atoms with Crippen LogP contribution in [-0.2, 0) is 9.59 Å². The summed E-state index contributed by atoms with van der Waals surface area (Å²) in [6.07, 6.45) is 3.08. The van der Waals surface area contributed by atoms with Gasteiger partial charge in [0.2, 0.25) is 11.8 Å².